The van der Waals surface area contributed by atoms with Crippen LogP contribution in [0.15, 0.2) is 54.7 Å². The Morgan fingerprint density at radius 3 is 2.78 bits per heavy atom. The maximum atomic E-state index is 11.6. The molecule has 1 N–H and O–H groups in total. The molecule has 11 heteroatoms. The standard InChI is InChI=1S/C30H31N7O4/c1-20-16-36(27-3-2-4-29(34-27)41-19-23-7-5-21(14-31)15-32-23)11-10-35(20)18-28-33-25-8-6-22(30(38)39)13-26(25)37(28)17-24-9-12-40-24/h2-8,13,15,20,24H,9-12,16-19H2,1H3,(H,38,39). The summed E-state index contributed by atoms with van der Waals surface area (Å²) in [7, 11) is 0. The summed E-state index contributed by atoms with van der Waals surface area (Å²) in [5.41, 5.74) is 3.13. The molecule has 0 aliphatic carbocycles. The predicted molar refractivity (Wildman–Crippen MR) is 151 cm³/mol. The first-order chi connectivity index (χ1) is 20.0. The third-order valence-electron chi connectivity index (χ3n) is 7.72. The quantitative estimate of drug-likeness (QED) is 0.329. The number of pyridine rings is 2. The molecule has 2 saturated heterocycles. The van der Waals surface area contributed by atoms with Gasteiger partial charge in [0.1, 0.15) is 24.3 Å². The zero-order valence-electron chi connectivity index (χ0n) is 22.8. The van der Waals surface area contributed by atoms with Crippen LogP contribution in [0.25, 0.3) is 11.0 Å². The van der Waals surface area contributed by atoms with Crippen molar-refractivity contribution in [2.24, 2.45) is 0 Å². The van der Waals surface area contributed by atoms with Crippen molar-refractivity contribution in [1.82, 2.24) is 24.4 Å². The number of rotatable bonds is 9. The number of anilines is 1. The fraction of sp³-hybridized carbons (Fsp3) is 0.367. The van der Waals surface area contributed by atoms with E-state index in [1.54, 1.807) is 30.3 Å². The first-order valence-electron chi connectivity index (χ1n) is 13.7. The third kappa shape index (κ3) is 5.84. The van der Waals surface area contributed by atoms with Crippen molar-refractivity contribution in [3.8, 4) is 11.9 Å². The number of nitrogens with zero attached hydrogens (tertiary/aromatic N) is 7. The zero-order valence-corrected chi connectivity index (χ0v) is 22.8. The Balaban J connectivity index is 1.13. The van der Waals surface area contributed by atoms with E-state index in [9.17, 15) is 9.90 Å². The molecule has 2 aliphatic rings. The van der Waals surface area contributed by atoms with E-state index in [1.807, 2.05) is 18.2 Å². The number of carboxylic acid groups (broad SMARTS) is 1. The molecule has 0 saturated carbocycles. The lowest BCUT2D eigenvalue weighted by Crippen LogP contribution is -2.52. The van der Waals surface area contributed by atoms with Gasteiger partial charge in [-0.1, -0.05) is 6.07 Å². The number of imidazole rings is 1. The third-order valence-corrected chi connectivity index (χ3v) is 7.72. The largest absolute Gasteiger partial charge is 0.478 e. The Morgan fingerprint density at radius 1 is 1.20 bits per heavy atom. The average Bonchev–Trinajstić information content (AvgIpc) is 3.31. The smallest absolute Gasteiger partial charge is 0.335 e. The van der Waals surface area contributed by atoms with E-state index in [2.05, 4.69) is 32.3 Å². The van der Waals surface area contributed by atoms with Crippen molar-refractivity contribution in [2.45, 2.75) is 45.2 Å². The summed E-state index contributed by atoms with van der Waals surface area (Å²) in [5.74, 6) is 1.36. The van der Waals surface area contributed by atoms with Gasteiger partial charge in [0.15, 0.2) is 0 Å². The number of hydrogen-bond acceptors (Lipinski definition) is 9. The van der Waals surface area contributed by atoms with Crippen LogP contribution < -0.4 is 9.64 Å². The predicted octanol–water partition coefficient (Wildman–Crippen LogP) is 3.47. The summed E-state index contributed by atoms with van der Waals surface area (Å²) < 4.78 is 13.7. The molecule has 2 aliphatic heterocycles. The second kappa shape index (κ2) is 11.5. The molecule has 2 unspecified atom stereocenters. The minimum Gasteiger partial charge on any atom is -0.478 e. The van der Waals surface area contributed by atoms with Crippen molar-refractivity contribution < 1.29 is 19.4 Å². The van der Waals surface area contributed by atoms with Crippen LogP contribution in [-0.4, -0.2) is 73.9 Å². The van der Waals surface area contributed by atoms with E-state index < -0.39 is 5.97 Å². The Hall–Kier alpha value is -4.53. The van der Waals surface area contributed by atoms with Gasteiger partial charge in [0.2, 0.25) is 5.88 Å². The van der Waals surface area contributed by atoms with E-state index in [-0.39, 0.29) is 24.3 Å². The van der Waals surface area contributed by atoms with Crippen molar-refractivity contribution >= 4 is 22.8 Å². The molecule has 210 valence electrons. The second-order valence-corrected chi connectivity index (χ2v) is 10.5. The van der Waals surface area contributed by atoms with E-state index in [0.717, 1.165) is 61.0 Å². The number of aromatic carboxylic acids is 1. The van der Waals surface area contributed by atoms with Crippen LogP contribution in [0.2, 0.25) is 0 Å². The number of benzene rings is 1. The molecule has 2 atom stereocenters. The summed E-state index contributed by atoms with van der Waals surface area (Å²) in [6, 6.07) is 16.7. The molecule has 1 aromatic carbocycles. The van der Waals surface area contributed by atoms with Gasteiger partial charge in [-0.15, -0.1) is 0 Å². The van der Waals surface area contributed by atoms with E-state index in [0.29, 0.717) is 24.5 Å². The van der Waals surface area contributed by atoms with Gasteiger partial charge < -0.3 is 24.0 Å². The molecule has 0 amide bonds. The molecule has 2 fully saturated rings. The SMILES string of the molecule is CC1CN(c2cccc(OCc3ccc(C#N)cn3)n2)CCN1Cc1nc2ccc(C(=O)O)cc2n1CC1CCO1. The Bertz CT molecular complexity index is 1590. The van der Waals surface area contributed by atoms with Crippen molar-refractivity contribution in [3.63, 3.8) is 0 Å². The number of carbonyl (C=O) groups is 1. The topological polar surface area (TPSA) is 130 Å². The highest BCUT2D eigenvalue weighted by Crippen LogP contribution is 2.26. The maximum absolute atomic E-state index is 11.6. The molecule has 0 spiro atoms. The van der Waals surface area contributed by atoms with Gasteiger partial charge in [-0.2, -0.15) is 10.2 Å². The van der Waals surface area contributed by atoms with Crippen LogP contribution in [0, 0.1) is 11.3 Å². The minimum absolute atomic E-state index is 0.127. The van der Waals surface area contributed by atoms with Crippen molar-refractivity contribution in [1.29, 1.82) is 5.26 Å². The molecular weight excluding hydrogens is 522 g/mol. The van der Waals surface area contributed by atoms with Crippen LogP contribution in [0.3, 0.4) is 0 Å². The highest BCUT2D eigenvalue weighted by atomic mass is 16.5. The van der Waals surface area contributed by atoms with Crippen molar-refractivity contribution in [2.75, 3.05) is 31.1 Å². The summed E-state index contributed by atoms with van der Waals surface area (Å²) in [6.45, 7) is 6.98. The Kier molecular flexibility index (Phi) is 7.50. The number of piperazine rings is 1. The van der Waals surface area contributed by atoms with E-state index >= 15 is 0 Å². The van der Waals surface area contributed by atoms with Crippen LogP contribution in [-0.2, 0) is 24.4 Å². The first kappa shape index (κ1) is 26.7. The van der Waals surface area contributed by atoms with Gasteiger partial charge >= 0.3 is 5.97 Å². The monoisotopic (exact) mass is 553 g/mol. The van der Waals surface area contributed by atoms with Crippen LogP contribution in [0.4, 0.5) is 5.82 Å². The fourth-order valence-corrected chi connectivity index (χ4v) is 5.27. The van der Waals surface area contributed by atoms with E-state index in [1.165, 1.54) is 6.20 Å². The Morgan fingerprint density at radius 2 is 2.07 bits per heavy atom. The number of nitriles is 1. The molecular formula is C30H31N7O4. The summed E-state index contributed by atoms with van der Waals surface area (Å²) in [4.78, 5) is 30.2. The molecule has 11 nitrogen and oxygen atoms in total. The van der Waals surface area contributed by atoms with E-state index in [4.69, 9.17) is 24.7 Å². The number of fused-ring (bicyclic) bond motifs is 1. The van der Waals surface area contributed by atoms with Crippen LogP contribution in [0.5, 0.6) is 5.88 Å². The molecule has 0 radical (unpaired) electrons. The lowest BCUT2D eigenvalue weighted by Gasteiger charge is -2.40. The maximum Gasteiger partial charge on any atom is 0.335 e. The van der Waals surface area contributed by atoms with Gasteiger partial charge in [-0.05, 0) is 49.7 Å². The molecule has 4 aromatic rings. The molecule has 41 heavy (non-hydrogen) atoms. The lowest BCUT2D eigenvalue weighted by atomic mass is 10.1. The fourth-order valence-electron chi connectivity index (χ4n) is 5.27. The number of ether oxygens (including phenoxy) is 2. The normalized spacial score (nSPS) is 19.1. The molecule has 6 rings (SSSR count). The van der Waals surface area contributed by atoms with Gasteiger partial charge in [-0.3, -0.25) is 9.88 Å². The number of hydrogen-bond donors (Lipinski definition) is 1. The highest BCUT2D eigenvalue weighted by Gasteiger charge is 2.28. The van der Waals surface area contributed by atoms with Gasteiger partial charge in [0.05, 0.1) is 47.0 Å². The number of carboxylic acids is 1. The van der Waals surface area contributed by atoms with Gasteiger partial charge in [0, 0.05) is 44.5 Å². The molecule has 5 heterocycles. The highest BCUT2D eigenvalue weighted by molar-refractivity contribution is 5.92. The van der Waals surface area contributed by atoms with Crippen LogP contribution >= 0.6 is 0 Å². The van der Waals surface area contributed by atoms with Crippen molar-refractivity contribution in [3.05, 3.63) is 77.4 Å². The zero-order chi connectivity index (χ0) is 28.3. The van der Waals surface area contributed by atoms with Crippen LogP contribution in [0.1, 0.15) is 40.8 Å². The minimum atomic E-state index is -0.945. The van der Waals surface area contributed by atoms with Gasteiger partial charge in [0.25, 0.3) is 0 Å². The first-order valence-corrected chi connectivity index (χ1v) is 13.7. The molecule has 0 bridgehead atoms. The second-order valence-electron chi connectivity index (χ2n) is 10.5. The average molecular weight is 554 g/mol. The summed E-state index contributed by atoms with van der Waals surface area (Å²) >= 11 is 0. The Labute approximate surface area is 237 Å². The number of aromatic nitrogens is 4. The van der Waals surface area contributed by atoms with Gasteiger partial charge in [-0.25, -0.2) is 9.78 Å². The summed E-state index contributed by atoms with van der Waals surface area (Å²) in [6.07, 6.45) is 2.65. The lowest BCUT2D eigenvalue weighted by molar-refractivity contribution is -0.0592. The summed E-state index contributed by atoms with van der Waals surface area (Å²) in [5, 5.41) is 18.5. The molecule has 3 aromatic heterocycles.